The molecule has 0 atom stereocenters. The van der Waals surface area contributed by atoms with Crippen molar-refractivity contribution >= 4 is 58.6 Å². The van der Waals surface area contributed by atoms with E-state index in [2.05, 4.69) is 27.7 Å². The Morgan fingerprint density at radius 1 is 0.149 bits per heavy atom. The van der Waals surface area contributed by atoms with Crippen LogP contribution in [-0.2, 0) is 65.2 Å². The van der Waals surface area contributed by atoms with Crippen molar-refractivity contribution in [3.05, 3.63) is 0 Å². The monoisotopic (exact) mass is 1370 g/mol. The molecule has 0 aliphatic rings. The van der Waals surface area contributed by atoms with E-state index in [9.17, 15) is 0 Å². The molecular weight excluding hydrogens is 1210 g/mol. The van der Waals surface area contributed by atoms with E-state index >= 15 is 0 Å². The summed E-state index contributed by atoms with van der Waals surface area (Å²) in [5, 5.41) is -2.92. The van der Waals surface area contributed by atoms with Crippen molar-refractivity contribution in [1.29, 1.82) is 0 Å². The van der Waals surface area contributed by atoms with Gasteiger partial charge in [-0.25, -0.2) is 0 Å². The van der Waals surface area contributed by atoms with Crippen LogP contribution in [0.25, 0.3) is 0 Å². The quantitative estimate of drug-likeness (QED) is 0.0257. The molecule has 0 heterocycles. The first-order chi connectivity index (χ1) is 42.2. The van der Waals surface area contributed by atoms with Gasteiger partial charge in [0, 0.05) is 0 Å². The molecule has 0 saturated heterocycles. The minimum atomic E-state index is -1.46. The van der Waals surface area contributed by atoms with Gasteiger partial charge in [0.25, 0.3) is 0 Å². The van der Waals surface area contributed by atoms with E-state index in [1.165, 1.54) is 487 Å². The van der Waals surface area contributed by atoms with Crippen LogP contribution in [0.5, 0.6) is 0 Å². The van der Waals surface area contributed by atoms with Gasteiger partial charge in [0.2, 0.25) is 0 Å². The van der Waals surface area contributed by atoms with Gasteiger partial charge in [0.05, 0.1) is 0 Å². The SMILES string of the molecule is CCCCCCCCCCCCCCCCCCCCP(=S)([S-])CCCCCCCCCCCCCCCCCCCC.CCCCCCCCCCCCCCCCCCCCP(=S)([S-])CCCCCCCCCCCCCCCCCCCC.[Mn+2]. The first-order valence-electron chi connectivity index (χ1n) is 40.8. The van der Waals surface area contributed by atoms with E-state index in [0.717, 1.165) is 0 Å². The molecule has 0 aromatic heterocycles. The predicted octanol–water partition coefficient (Wildman–Crippen LogP) is 32.0. The summed E-state index contributed by atoms with van der Waals surface area (Å²) >= 11 is 23.6. The molecule has 525 valence electrons. The fourth-order valence-corrected chi connectivity index (χ4v) is 19.6. The second-order valence-corrected chi connectivity index (χ2v) is 43.4. The topological polar surface area (TPSA) is 0 Å². The summed E-state index contributed by atoms with van der Waals surface area (Å²) in [5.74, 6) is 0. The molecule has 0 aliphatic carbocycles. The minimum Gasteiger partial charge on any atom is -0.746 e. The molecule has 0 aromatic carbocycles. The van der Waals surface area contributed by atoms with Gasteiger partial charge in [0.1, 0.15) is 0 Å². The van der Waals surface area contributed by atoms with Crippen LogP contribution in [0.15, 0.2) is 0 Å². The Hall–Kier alpha value is 2.52. The molecule has 0 aliphatic heterocycles. The molecule has 1 radical (unpaired) electrons. The van der Waals surface area contributed by atoms with Gasteiger partial charge in [-0.3, -0.25) is 0 Å². The van der Waals surface area contributed by atoms with Gasteiger partial charge in [-0.2, -0.15) is 10.5 Å². The summed E-state index contributed by atoms with van der Waals surface area (Å²) < 4.78 is 0. The Morgan fingerprint density at radius 2 is 0.218 bits per heavy atom. The third kappa shape index (κ3) is 88.5. The Labute approximate surface area is 585 Å². The number of rotatable bonds is 76. The number of unbranched alkanes of at least 4 members (excludes halogenated alkanes) is 68. The summed E-state index contributed by atoms with van der Waals surface area (Å²) in [4.78, 5) is 0. The average Bonchev–Trinajstić information content (AvgIpc) is 3.54. The zero-order valence-corrected chi connectivity index (χ0v) is 66.9. The molecule has 7 heteroatoms. The van der Waals surface area contributed by atoms with Crippen LogP contribution >= 0.6 is 10.5 Å². The fraction of sp³-hybridized carbons (Fsp3) is 1.00. The first-order valence-corrected chi connectivity index (χ1v) is 49.2. The molecule has 0 spiro atoms. The maximum absolute atomic E-state index is 5.90. The fourth-order valence-electron chi connectivity index (χ4n) is 13.2. The maximum atomic E-state index is 5.90. The van der Waals surface area contributed by atoms with E-state index in [1.54, 1.807) is 0 Å². The first kappa shape index (κ1) is 93.7. The number of hydrogen-bond donors (Lipinski definition) is 0. The van der Waals surface area contributed by atoms with Crippen molar-refractivity contribution in [1.82, 2.24) is 0 Å². The van der Waals surface area contributed by atoms with Crippen LogP contribution in [0.2, 0.25) is 0 Å². The Balaban J connectivity index is -0.00000160. The summed E-state index contributed by atoms with van der Waals surface area (Å²) in [6.45, 7) is 9.22. The second-order valence-electron chi connectivity index (χ2n) is 28.6. The molecule has 0 fully saturated rings. The Morgan fingerprint density at radius 3 is 0.299 bits per heavy atom. The molecule has 0 bridgehead atoms. The molecule has 0 N–H and O–H groups in total. The Bertz CT molecular complexity index is 1110. The van der Waals surface area contributed by atoms with Gasteiger partial charge in [-0.15, -0.1) is 23.6 Å². The van der Waals surface area contributed by atoms with Crippen molar-refractivity contribution in [2.24, 2.45) is 0 Å². The van der Waals surface area contributed by atoms with Crippen molar-refractivity contribution in [2.45, 2.75) is 490 Å². The van der Waals surface area contributed by atoms with Crippen LogP contribution in [0.4, 0.5) is 0 Å². The van der Waals surface area contributed by atoms with Crippen LogP contribution in [0.3, 0.4) is 0 Å². The molecule has 0 rings (SSSR count). The van der Waals surface area contributed by atoms with Crippen LogP contribution in [0.1, 0.15) is 490 Å². The number of hydrogen-bond acceptors (Lipinski definition) is 4. The van der Waals surface area contributed by atoms with Gasteiger partial charge in [0.15, 0.2) is 0 Å². The van der Waals surface area contributed by atoms with Crippen molar-refractivity contribution in [3.8, 4) is 0 Å². The molecular formula is C80H164MnP2S4. The van der Waals surface area contributed by atoms with E-state index < -0.39 is 10.5 Å². The maximum Gasteiger partial charge on any atom is 2.00 e. The van der Waals surface area contributed by atoms with Gasteiger partial charge in [-0.05, 0) is 24.6 Å². The third-order valence-electron chi connectivity index (χ3n) is 19.4. The summed E-state index contributed by atoms with van der Waals surface area (Å²) in [6.07, 6.45) is 108. The molecule has 0 unspecified atom stereocenters. The summed E-state index contributed by atoms with van der Waals surface area (Å²) in [6, 6.07) is 0. The van der Waals surface area contributed by atoms with Crippen LogP contribution in [0, 0.1) is 0 Å². The van der Waals surface area contributed by atoms with Crippen molar-refractivity contribution < 1.29 is 17.1 Å². The van der Waals surface area contributed by atoms with Gasteiger partial charge < -0.3 is 24.5 Å². The van der Waals surface area contributed by atoms with Crippen molar-refractivity contribution in [3.63, 3.8) is 0 Å². The summed E-state index contributed by atoms with van der Waals surface area (Å²) in [7, 11) is 0. The zero-order chi connectivity index (χ0) is 62.7. The molecule has 0 nitrogen and oxygen atoms in total. The second kappa shape index (κ2) is 82.7. The Kier molecular flexibility index (Phi) is 89.1. The van der Waals surface area contributed by atoms with E-state index in [4.69, 9.17) is 48.1 Å². The van der Waals surface area contributed by atoms with Gasteiger partial charge >= 0.3 is 17.1 Å². The molecule has 0 saturated carbocycles. The average molecular weight is 1370 g/mol. The predicted molar refractivity (Wildman–Crippen MR) is 418 cm³/mol. The van der Waals surface area contributed by atoms with Gasteiger partial charge in [-0.1, -0.05) is 490 Å². The van der Waals surface area contributed by atoms with E-state index in [1.807, 2.05) is 0 Å². The van der Waals surface area contributed by atoms with Crippen molar-refractivity contribution in [2.75, 3.05) is 24.6 Å². The standard InChI is InChI=1S/2C40H83PS2.Mn/c2*1-3-5-7-9-11-13-15-17-19-21-23-25-27-29-31-33-35-37-39-41(42,43)40-38-36-34-32-30-28-26-24-22-20-18-16-14-12-10-8-6-4-2;/h2*3-40H2,1-2H3,(H,42,43);/q;;+2/p-2. The van der Waals surface area contributed by atoms with Crippen LogP contribution in [-0.4, -0.2) is 24.6 Å². The summed E-state index contributed by atoms with van der Waals surface area (Å²) in [5.41, 5.74) is 0. The zero-order valence-electron chi connectivity index (χ0n) is 60.6. The normalized spacial score (nSPS) is 11.8. The van der Waals surface area contributed by atoms with Crippen LogP contribution < -0.4 is 0 Å². The van der Waals surface area contributed by atoms with E-state index in [0.29, 0.717) is 0 Å². The third-order valence-corrected chi connectivity index (χ3v) is 27.8. The molecule has 0 amide bonds. The smallest absolute Gasteiger partial charge is 0.746 e. The minimum absolute atomic E-state index is 0. The largest absolute Gasteiger partial charge is 2.00 e. The molecule has 87 heavy (non-hydrogen) atoms. The molecule has 0 aromatic rings. The van der Waals surface area contributed by atoms with E-state index in [-0.39, 0.29) is 17.1 Å².